The van der Waals surface area contributed by atoms with E-state index in [0.29, 0.717) is 5.75 Å². The Morgan fingerprint density at radius 1 is 0.967 bits per heavy atom. The van der Waals surface area contributed by atoms with Gasteiger partial charge in [-0.2, -0.15) is 5.10 Å². The molecule has 7 heteroatoms. The van der Waals surface area contributed by atoms with Crippen molar-refractivity contribution in [3.63, 3.8) is 0 Å². The van der Waals surface area contributed by atoms with Crippen LogP contribution in [0, 0.1) is 6.92 Å². The number of thioether (sulfide) groups is 1. The van der Waals surface area contributed by atoms with Crippen molar-refractivity contribution in [2.24, 2.45) is 7.05 Å². The van der Waals surface area contributed by atoms with E-state index < -0.39 is 0 Å². The van der Waals surface area contributed by atoms with Gasteiger partial charge in [-0.05, 0) is 29.5 Å². The van der Waals surface area contributed by atoms with Crippen molar-refractivity contribution >= 4 is 11.8 Å². The van der Waals surface area contributed by atoms with Gasteiger partial charge in [0, 0.05) is 12.6 Å². The Labute approximate surface area is 181 Å². The highest BCUT2D eigenvalue weighted by molar-refractivity contribution is 7.98. The van der Waals surface area contributed by atoms with Gasteiger partial charge < -0.3 is 0 Å². The van der Waals surface area contributed by atoms with Gasteiger partial charge in [-0.25, -0.2) is 4.98 Å². The predicted octanol–water partition coefficient (Wildman–Crippen LogP) is 4.96. The zero-order valence-corrected chi connectivity index (χ0v) is 18.8. The summed E-state index contributed by atoms with van der Waals surface area (Å²) in [5.74, 6) is 2.41. The van der Waals surface area contributed by atoms with E-state index in [1.54, 1.807) is 22.8 Å². The van der Waals surface area contributed by atoms with Gasteiger partial charge in [0.25, 0.3) is 0 Å². The average molecular weight is 419 g/mol. The van der Waals surface area contributed by atoms with Crippen LogP contribution in [0.4, 0.5) is 0 Å². The average Bonchev–Trinajstić information content (AvgIpc) is 3.32. The molecule has 0 amide bonds. The van der Waals surface area contributed by atoms with E-state index in [0.717, 1.165) is 28.1 Å². The molecule has 0 aliphatic carbocycles. The van der Waals surface area contributed by atoms with E-state index >= 15 is 0 Å². The van der Waals surface area contributed by atoms with Crippen LogP contribution < -0.4 is 0 Å². The van der Waals surface area contributed by atoms with Crippen molar-refractivity contribution in [1.29, 1.82) is 0 Å². The fourth-order valence-corrected chi connectivity index (χ4v) is 4.21. The lowest BCUT2D eigenvalue weighted by Gasteiger charge is -2.19. The van der Waals surface area contributed by atoms with Crippen LogP contribution in [0.25, 0.3) is 17.1 Å². The molecule has 4 aromatic rings. The molecule has 0 saturated heterocycles. The van der Waals surface area contributed by atoms with Crippen LogP contribution in [0.3, 0.4) is 0 Å². The van der Waals surface area contributed by atoms with Gasteiger partial charge >= 0.3 is 0 Å². The third kappa shape index (κ3) is 4.03. The van der Waals surface area contributed by atoms with Crippen molar-refractivity contribution in [2.75, 3.05) is 0 Å². The van der Waals surface area contributed by atoms with Crippen LogP contribution in [-0.2, 0) is 18.2 Å². The minimum atomic E-state index is 0.110. The maximum atomic E-state index is 4.57. The van der Waals surface area contributed by atoms with Crippen LogP contribution in [0.5, 0.6) is 0 Å². The highest BCUT2D eigenvalue weighted by atomic mass is 32.2. The van der Waals surface area contributed by atoms with E-state index in [4.69, 9.17) is 0 Å². The Bertz CT molecular complexity index is 1150. The standard InChI is InChI=1S/C23H26N6S/c1-16-8-6-7-9-19(16)29-21(17-10-12-18(13-11-17)23(2,3)4)26-27-22(29)30-14-20-24-15-25-28(20)5/h6-13,15H,14H2,1-5H3. The predicted molar refractivity (Wildman–Crippen MR) is 121 cm³/mol. The summed E-state index contributed by atoms with van der Waals surface area (Å²) in [6.07, 6.45) is 1.57. The Kier molecular flexibility index (Phi) is 5.47. The second-order valence-corrected chi connectivity index (χ2v) is 9.29. The Balaban J connectivity index is 1.76. The van der Waals surface area contributed by atoms with Gasteiger partial charge in [0.1, 0.15) is 12.2 Å². The molecule has 0 aliphatic rings. The second kappa shape index (κ2) is 8.07. The van der Waals surface area contributed by atoms with E-state index in [1.807, 2.05) is 19.2 Å². The maximum Gasteiger partial charge on any atom is 0.196 e. The Morgan fingerprint density at radius 2 is 1.70 bits per heavy atom. The normalized spacial score (nSPS) is 11.8. The first-order valence-corrected chi connectivity index (χ1v) is 10.9. The summed E-state index contributed by atoms with van der Waals surface area (Å²) >= 11 is 1.61. The molecule has 2 aromatic heterocycles. The molecule has 0 unspecified atom stereocenters. The number of aromatic nitrogens is 6. The summed E-state index contributed by atoms with van der Waals surface area (Å²) in [5, 5.41) is 14.1. The molecule has 2 heterocycles. The van der Waals surface area contributed by atoms with Crippen molar-refractivity contribution in [3.8, 4) is 17.1 Å². The molecule has 0 saturated carbocycles. The fraction of sp³-hybridized carbons (Fsp3) is 0.304. The maximum absolute atomic E-state index is 4.57. The number of benzene rings is 2. The lowest BCUT2D eigenvalue weighted by molar-refractivity contribution is 0.590. The molecule has 0 fully saturated rings. The molecule has 0 bridgehead atoms. The molecule has 30 heavy (non-hydrogen) atoms. The first kappa shape index (κ1) is 20.3. The van der Waals surface area contributed by atoms with Crippen molar-refractivity contribution in [1.82, 2.24) is 29.5 Å². The smallest absolute Gasteiger partial charge is 0.196 e. The van der Waals surface area contributed by atoms with Crippen LogP contribution in [0.1, 0.15) is 37.7 Å². The van der Waals surface area contributed by atoms with Crippen LogP contribution in [0.2, 0.25) is 0 Å². The van der Waals surface area contributed by atoms with Gasteiger partial charge in [-0.15, -0.1) is 10.2 Å². The van der Waals surface area contributed by atoms with Crippen molar-refractivity contribution in [3.05, 3.63) is 71.8 Å². The molecule has 154 valence electrons. The van der Waals surface area contributed by atoms with Crippen LogP contribution in [-0.4, -0.2) is 29.5 Å². The molecular formula is C23H26N6S. The Morgan fingerprint density at radius 3 is 2.33 bits per heavy atom. The van der Waals surface area contributed by atoms with Crippen LogP contribution in [0.15, 0.2) is 60.0 Å². The number of nitrogens with zero attached hydrogens (tertiary/aromatic N) is 6. The largest absolute Gasteiger partial charge is 0.270 e. The Hall–Kier alpha value is -2.93. The summed E-state index contributed by atoms with van der Waals surface area (Å²) in [6, 6.07) is 16.9. The highest BCUT2D eigenvalue weighted by Gasteiger charge is 2.19. The summed E-state index contributed by atoms with van der Waals surface area (Å²) in [6.45, 7) is 8.77. The van der Waals surface area contributed by atoms with Gasteiger partial charge in [0.2, 0.25) is 0 Å². The molecule has 4 rings (SSSR count). The minimum absolute atomic E-state index is 0.110. The first-order valence-electron chi connectivity index (χ1n) is 9.92. The third-order valence-corrected chi connectivity index (χ3v) is 6.06. The molecule has 0 atom stereocenters. The van der Waals surface area contributed by atoms with Gasteiger partial charge in [0.05, 0.1) is 11.4 Å². The number of para-hydroxylation sites is 1. The zero-order chi connectivity index (χ0) is 21.3. The lowest BCUT2D eigenvalue weighted by atomic mass is 9.87. The van der Waals surface area contributed by atoms with Crippen molar-refractivity contribution in [2.45, 2.75) is 44.0 Å². The fourth-order valence-electron chi connectivity index (χ4n) is 3.28. The minimum Gasteiger partial charge on any atom is -0.270 e. The molecular weight excluding hydrogens is 392 g/mol. The SMILES string of the molecule is Cc1ccccc1-n1c(SCc2ncnn2C)nnc1-c1ccc(C(C)(C)C)cc1. The number of aryl methyl sites for hydroxylation is 2. The molecule has 0 radical (unpaired) electrons. The lowest BCUT2D eigenvalue weighted by Crippen LogP contribution is -2.10. The van der Waals surface area contributed by atoms with Gasteiger partial charge in [-0.1, -0.05) is 75.0 Å². The highest BCUT2D eigenvalue weighted by Crippen LogP contribution is 2.32. The summed E-state index contributed by atoms with van der Waals surface area (Å²) < 4.78 is 3.93. The summed E-state index contributed by atoms with van der Waals surface area (Å²) in [5.41, 5.74) is 4.71. The zero-order valence-electron chi connectivity index (χ0n) is 18.0. The quantitative estimate of drug-likeness (QED) is 0.429. The van der Waals surface area contributed by atoms with E-state index in [9.17, 15) is 0 Å². The third-order valence-electron chi connectivity index (χ3n) is 5.13. The monoisotopic (exact) mass is 418 g/mol. The van der Waals surface area contributed by atoms with Gasteiger partial charge in [-0.3, -0.25) is 9.25 Å². The van der Waals surface area contributed by atoms with Gasteiger partial charge in [0.15, 0.2) is 11.0 Å². The van der Waals surface area contributed by atoms with E-state index in [2.05, 4.69) is 88.9 Å². The molecule has 6 nitrogen and oxygen atoms in total. The number of rotatable bonds is 5. The van der Waals surface area contributed by atoms with E-state index in [-0.39, 0.29) is 5.41 Å². The second-order valence-electron chi connectivity index (χ2n) is 8.34. The first-order chi connectivity index (χ1) is 14.3. The van der Waals surface area contributed by atoms with E-state index in [1.165, 1.54) is 11.1 Å². The van der Waals surface area contributed by atoms with Crippen LogP contribution >= 0.6 is 11.8 Å². The summed E-state index contributed by atoms with van der Waals surface area (Å²) in [4.78, 5) is 4.32. The molecule has 0 N–H and O–H groups in total. The number of hydrogen-bond donors (Lipinski definition) is 0. The summed E-state index contributed by atoms with van der Waals surface area (Å²) in [7, 11) is 1.90. The topological polar surface area (TPSA) is 61.4 Å². The number of hydrogen-bond acceptors (Lipinski definition) is 5. The molecule has 2 aromatic carbocycles. The molecule has 0 spiro atoms. The van der Waals surface area contributed by atoms with Crippen molar-refractivity contribution < 1.29 is 0 Å². The molecule has 0 aliphatic heterocycles.